The predicted molar refractivity (Wildman–Crippen MR) is 158 cm³/mol. The Bertz CT molecular complexity index is 1120. The standard InChI is InChI=1S/C31H47N5O4/c1-6-24(16-29-23(5)10-9-15-34-29)20-36(31(38)39)21-27-17-25(12-11-22(27)4)26(18-30(37)40-8-3)13-14-28(35-32)19-33-7-2/h9-12,15,17,19,24,26,33,35H,6-8,13-14,16,18,20-21,32H2,1-5H3,(H,38,39)/b28-19-. The van der Waals surface area contributed by atoms with Crippen molar-refractivity contribution in [3.05, 3.63) is 76.4 Å². The molecule has 2 aromatic rings. The summed E-state index contributed by atoms with van der Waals surface area (Å²) in [6.45, 7) is 11.7. The van der Waals surface area contributed by atoms with Crippen molar-refractivity contribution in [2.45, 2.75) is 79.2 Å². The lowest BCUT2D eigenvalue weighted by Gasteiger charge is -2.26. The van der Waals surface area contributed by atoms with Gasteiger partial charge in [-0.1, -0.05) is 37.6 Å². The van der Waals surface area contributed by atoms with Crippen LogP contribution in [0.5, 0.6) is 0 Å². The number of carbonyl (C=O) groups is 2. The summed E-state index contributed by atoms with van der Waals surface area (Å²) in [5, 5.41) is 13.3. The van der Waals surface area contributed by atoms with Gasteiger partial charge in [0.25, 0.3) is 0 Å². The second-order valence-electron chi connectivity index (χ2n) is 10.2. The van der Waals surface area contributed by atoms with E-state index in [2.05, 4.69) is 22.7 Å². The molecule has 0 saturated heterocycles. The van der Waals surface area contributed by atoms with Crippen molar-refractivity contribution >= 4 is 12.1 Å². The first kappa shape index (κ1) is 32.6. The van der Waals surface area contributed by atoms with E-state index < -0.39 is 6.09 Å². The molecule has 1 aromatic carbocycles. The number of esters is 1. The van der Waals surface area contributed by atoms with Gasteiger partial charge in [0, 0.05) is 43.4 Å². The normalized spacial score (nSPS) is 12.9. The summed E-state index contributed by atoms with van der Waals surface area (Å²) in [6, 6.07) is 10.0. The number of hydrogen-bond donors (Lipinski definition) is 4. The number of hydrazine groups is 1. The summed E-state index contributed by atoms with van der Waals surface area (Å²) in [7, 11) is 0. The van der Waals surface area contributed by atoms with E-state index in [1.807, 2.05) is 57.3 Å². The first-order valence-electron chi connectivity index (χ1n) is 14.2. The first-order chi connectivity index (χ1) is 19.2. The van der Waals surface area contributed by atoms with Crippen LogP contribution in [0.3, 0.4) is 0 Å². The second kappa shape index (κ2) is 17.2. The lowest BCUT2D eigenvalue weighted by atomic mass is 9.88. The highest BCUT2D eigenvalue weighted by molar-refractivity contribution is 5.70. The fourth-order valence-corrected chi connectivity index (χ4v) is 4.74. The molecular formula is C31H47N5O4. The van der Waals surface area contributed by atoms with Crippen LogP contribution in [-0.2, 0) is 22.5 Å². The molecule has 0 radical (unpaired) electrons. The monoisotopic (exact) mass is 553 g/mol. The van der Waals surface area contributed by atoms with E-state index in [4.69, 9.17) is 10.6 Å². The van der Waals surface area contributed by atoms with Crippen LogP contribution in [0.1, 0.15) is 80.3 Å². The first-order valence-corrected chi connectivity index (χ1v) is 14.2. The van der Waals surface area contributed by atoms with E-state index >= 15 is 0 Å². The summed E-state index contributed by atoms with van der Waals surface area (Å²) in [5.74, 6) is 5.50. The van der Waals surface area contributed by atoms with Gasteiger partial charge in [-0.3, -0.25) is 15.6 Å². The Morgan fingerprint density at radius 2 is 1.95 bits per heavy atom. The van der Waals surface area contributed by atoms with Crippen molar-refractivity contribution in [3.8, 4) is 0 Å². The Morgan fingerprint density at radius 3 is 2.58 bits per heavy atom. The highest BCUT2D eigenvalue weighted by atomic mass is 16.5. The third-order valence-corrected chi connectivity index (χ3v) is 7.28. The summed E-state index contributed by atoms with van der Waals surface area (Å²) in [6.07, 6.45) is 5.81. The predicted octanol–water partition coefficient (Wildman–Crippen LogP) is 5.18. The molecule has 0 spiro atoms. The Morgan fingerprint density at radius 1 is 1.18 bits per heavy atom. The highest BCUT2D eigenvalue weighted by Gasteiger charge is 2.22. The van der Waals surface area contributed by atoms with Gasteiger partial charge in [-0.15, -0.1) is 0 Å². The van der Waals surface area contributed by atoms with Crippen LogP contribution in [0.4, 0.5) is 4.79 Å². The third kappa shape index (κ3) is 10.5. The molecule has 0 saturated carbocycles. The molecule has 1 amide bonds. The number of aromatic nitrogens is 1. The van der Waals surface area contributed by atoms with E-state index in [0.717, 1.165) is 53.0 Å². The molecule has 2 atom stereocenters. The van der Waals surface area contributed by atoms with Crippen LogP contribution in [0, 0.1) is 19.8 Å². The Labute approximate surface area is 239 Å². The topological polar surface area (TPSA) is 130 Å². The SMILES string of the molecule is CCN/C=C(/CCC(CC(=O)OCC)c1ccc(C)c(CN(CC(CC)Cc2ncccc2C)C(=O)O)c1)NN. The largest absolute Gasteiger partial charge is 0.466 e. The maximum atomic E-state index is 12.5. The number of allylic oxidation sites excluding steroid dienone is 1. The molecule has 1 heterocycles. The number of carbonyl (C=O) groups excluding carboxylic acids is 1. The van der Waals surface area contributed by atoms with Crippen LogP contribution in [0.25, 0.3) is 0 Å². The smallest absolute Gasteiger partial charge is 0.407 e. The van der Waals surface area contributed by atoms with Crippen molar-refractivity contribution in [2.75, 3.05) is 19.7 Å². The van der Waals surface area contributed by atoms with Crippen LogP contribution >= 0.6 is 0 Å². The van der Waals surface area contributed by atoms with Gasteiger partial charge in [0.05, 0.1) is 13.0 Å². The number of carboxylic acid groups (broad SMARTS) is 1. The van der Waals surface area contributed by atoms with Gasteiger partial charge in [0.1, 0.15) is 0 Å². The number of benzene rings is 1. The number of rotatable bonds is 17. The molecule has 1 aromatic heterocycles. The Kier molecular flexibility index (Phi) is 14.0. The number of nitrogens with two attached hydrogens (primary N) is 1. The number of pyridine rings is 1. The molecule has 9 nitrogen and oxygen atoms in total. The van der Waals surface area contributed by atoms with E-state index in [9.17, 15) is 14.7 Å². The van der Waals surface area contributed by atoms with Crippen molar-refractivity contribution in [2.24, 2.45) is 11.8 Å². The molecule has 0 bridgehead atoms. The molecule has 0 aliphatic rings. The Balaban J connectivity index is 2.27. The molecule has 2 rings (SSSR count). The van der Waals surface area contributed by atoms with Gasteiger partial charge >= 0.3 is 12.1 Å². The zero-order valence-corrected chi connectivity index (χ0v) is 24.7. The lowest BCUT2D eigenvalue weighted by molar-refractivity contribution is -0.143. The maximum Gasteiger partial charge on any atom is 0.407 e. The Hall–Kier alpha value is -3.59. The molecule has 9 heteroatoms. The van der Waals surface area contributed by atoms with E-state index in [1.54, 1.807) is 13.1 Å². The van der Waals surface area contributed by atoms with E-state index in [-0.39, 0.29) is 30.8 Å². The molecule has 40 heavy (non-hydrogen) atoms. The maximum absolute atomic E-state index is 12.5. The number of nitrogens with zero attached hydrogens (tertiary/aromatic N) is 2. The van der Waals surface area contributed by atoms with Gasteiger partial charge in [-0.25, -0.2) is 4.79 Å². The fraction of sp³-hybridized carbons (Fsp3) is 0.516. The summed E-state index contributed by atoms with van der Waals surface area (Å²) >= 11 is 0. The average Bonchev–Trinajstić information content (AvgIpc) is 2.93. The minimum Gasteiger partial charge on any atom is -0.466 e. The number of nitrogens with one attached hydrogen (secondary N) is 2. The number of amides is 1. The third-order valence-electron chi connectivity index (χ3n) is 7.28. The number of hydrogen-bond acceptors (Lipinski definition) is 7. The van der Waals surface area contributed by atoms with Crippen LogP contribution in [-0.4, -0.2) is 46.7 Å². The zero-order chi connectivity index (χ0) is 29.5. The van der Waals surface area contributed by atoms with Gasteiger partial charge in [0.15, 0.2) is 0 Å². The van der Waals surface area contributed by atoms with Crippen molar-refractivity contribution in [3.63, 3.8) is 0 Å². The molecule has 0 fully saturated rings. The molecule has 2 unspecified atom stereocenters. The minimum absolute atomic E-state index is 0.106. The fourth-order valence-electron chi connectivity index (χ4n) is 4.74. The van der Waals surface area contributed by atoms with Gasteiger partial charge in [0.2, 0.25) is 0 Å². The van der Waals surface area contributed by atoms with Crippen LogP contribution in [0.15, 0.2) is 48.4 Å². The second-order valence-corrected chi connectivity index (χ2v) is 10.2. The molecule has 0 aliphatic carbocycles. The van der Waals surface area contributed by atoms with Gasteiger partial charge in [-0.2, -0.15) is 0 Å². The molecule has 5 N–H and O–H groups in total. The summed E-state index contributed by atoms with van der Waals surface area (Å²) in [4.78, 5) is 30.8. The van der Waals surface area contributed by atoms with E-state index in [1.165, 1.54) is 4.90 Å². The molecule has 0 aliphatic heterocycles. The molecular weight excluding hydrogens is 506 g/mol. The van der Waals surface area contributed by atoms with Gasteiger partial charge < -0.3 is 25.5 Å². The number of aryl methyl sites for hydroxylation is 2. The van der Waals surface area contributed by atoms with Crippen molar-refractivity contribution in [1.82, 2.24) is 20.6 Å². The summed E-state index contributed by atoms with van der Waals surface area (Å²) in [5.41, 5.74) is 8.62. The van der Waals surface area contributed by atoms with Crippen LogP contribution < -0.4 is 16.6 Å². The average molecular weight is 554 g/mol. The van der Waals surface area contributed by atoms with Gasteiger partial charge in [-0.05, 0) is 87.1 Å². The zero-order valence-electron chi connectivity index (χ0n) is 24.7. The highest BCUT2D eigenvalue weighted by Crippen LogP contribution is 2.29. The quantitative estimate of drug-likeness (QED) is 0.120. The number of ether oxygens (including phenoxy) is 1. The lowest BCUT2D eigenvalue weighted by Crippen LogP contribution is -2.34. The molecule has 220 valence electrons. The minimum atomic E-state index is -0.948. The van der Waals surface area contributed by atoms with Crippen molar-refractivity contribution < 1.29 is 19.4 Å². The van der Waals surface area contributed by atoms with Crippen molar-refractivity contribution in [1.29, 1.82) is 0 Å². The summed E-state index contributed by atoms with van der Waals surface area (Å²) < 4.78 is 5.26. The van der Waals surface area contributed by atoms with Crippen LogP contribution in [0.2, 0.25) is 0 Å². The van der Waals surface area contributed by atoms with E-state index in [0.29, 0.717) is 26.0 Å².